The first-order valence-corrected chi connectivity index (χ1v) is 8.27. The van der Waals surface area contributed by atoms with Crippen molar-refractivity contribution in [2.75, 3.05) is 5.32 Å². The van der Waals surface area contributed by atoms with Gasteiger partial charge in [0.2, 0.25) is 0 Å². The monoisotopic (exact) mass is 340 g/mol. The van der Waals surface area contributed by atoms with E-state index < -0.39 is 0 Å². The van der Waals surface area contributed by atoms with Crippen molar-refractivity contribution in [3.8, 4) is 6.07 Å². The molecule has 0 aliphatic carbocycles. The second-order valence-electron chi connectivity index (χ2n) is 6.25. The van der Waals surface area contributed by atoms with Crippen molar-refractivity contribution in [1.29, 1.82) is 5.26 Å². The number of hydrogen-bond donors (Lipinski definition) is 1. The van der Waals surface area contributed by atoms with E-state index in [2.05, 4.69) is 16.4 Å². The van der Waals surface area contributed by atoms with Crippen LogP contribution in [-0.4, -0.2) is 9.38 Å². The highest BCUT2D eigenvalue weighted by molar-refractivity contribution is 5.82. The molecule has 126 valence electrons. The average Bonchev–Trinajstić information content (AvgIpc) is 3.01. The lowest BCUT2D eigenvalue weighted by Crippen LogP contribution is -2.34. The molecule has 26 heavy (non-hydrogen) atoms. The Balaban J connectivity index is 2.03. The highest BCUT2D eigenvalue weighted by Crippen LogP contribution is 2.17. The number of imidazole rings is 1. The van der Waals surface area contributed by atoms with Gasteiger partial charge in [-0.25, -0.2) is 4.98 Å². The number of aromatic nitrogens is 2. The third-order valence-electron chi connectivity index (χ3n) is 4.51. The second kappa shape index (κ2) is 6.01. The largest absolute Gasteiger partial charge is 0.361 e. The van der Waals surface area contributed by atoms with Crippen molar-refractivity contribution in [2.45, 2.75) is 13.8 Å². The van der Waals surface area contributed by atoms with Crippen LogP contribution in [0.2, 0.25) is 0 Å². The predicted molar refractivity (Wildman–Crippen MR) is 103 cm³/mol. The summed E-state index contributed by atoms with van der Waals surface area (Å²) in [6.45, 7) is 3.79. The molecule has 0 spiro atoms. The van der Waals surface area contributed by atoms with Crippen molar-refractivity contribution in [3.63, 3.8) is 0 Å². The predicted octanol–water partition coefficient (Wildman–Crippen LogP) is 2.91. The molecule has 2 aromatic carbocycles. The molecule has 0 aliphatic heterocycles. The third kappa shape index (κ3) is 2.40. The fourth-order valence-electron chi connectivity index (χ4n) is 3.18. The number of nitrogens with one attached hydrogen (secondary N) is 1. The zero-order valence-electron chi connectivity index (χ0n) is 14.4. The third-order valence-corrected chi connectivity index (χ3v) is 4.51. The summed E-state index contributed by atoms with van der Waals surface area (Å²) in [5.74, 6) is 0. The lowest BCUT2D eigenvalue weighted by atomic mass is 10.1. The molecule has 5 nitrogen and oxygen atoms in total. The highest BCUT2D eigenvalue weighted by Gasteiger charge is 2.15. The lowest BCUT2D eigenvalue weighted by molar-refractivity contribution is 1.10. The van der Waals surface area contributed by atoms with Crippen LogP contribution in [0.15, 0.2) is 53.3 Å². The first-order chi connectivity index (χ1) is 12.6. The normalized spacial score (nSPS) is 11.8. The van der Waals surface area contributed by atoms with Crippen molar-refractivity contribution >= 4 is 28.6 Å². The number of para-hydroxylation sites is 2. The molecule has 0 unspecified atom stereocenters. The Bertz CT molecular complexity index is 1310. The molecule has 1 N–H and O–H groups in total. The van der Waals surface area contributed by atoms with Crippen LogP contribution in [0, 0.1) is 25.2 Å². The molecule has 4 rings (SSSR count). The second-order valence-corrected chi connectivity index (χ2v) is 6.25. The van der Waals surface area contributed by atoms with E-state index >= 15 is 0 Å². The average molecular weight is 340 g/mol. The molecule has 2 aromatic heterocycles. The highest BCUT2D eigenvalue weighted by atomic mass is 16.1. The van der Waals surface area contributed by atoms with Gasteiger partial charge in [0, 0.05) is 11.9 Å². The fraction of sp³-hybridized carbons (Fsp3) is 0.0952. The number of aryl methyl sites for hydroxylation is 1. The molecule has 4 aromatic rings. The van der Waals surface area contributed by atoms with Crippen molar-refractivity contribution in [1.82, 2.24) is 9.38 Å². The quantitative estimate of drug-likeness (QED) is 0.609. The lowest BCUT2D eigenvalue weighted by Gasteiger charge is -2.05. The van der Waals surface area contributed by atoms with Gasteiger partial charge in [-0.15, -0.1) is 0 Å². The Labute approximate surface area is 149 Å². The van der Waals surface area contributed by atoms with E-state index in [9.17, 15) is 10.1 Å². The molecule has 0 fully saturated rings. The molecule has 0 saturated heterocycles. The Kier molecular flexibility index (Phi) is 3.67. The van der Waals surface area contributed by atoms with Crippen LogP contribution in [0.5, 0.6) is 0 Å². The van der Waals surface area contributed by atoms with Crippen LogP contribution < -0.4 is 16.1 Å². The summed E-state index contributed by atoms with van der Waals surface area (Å²) in [7, 11) is 0. The molecule has 2 heterocycles. The summed E-state index contributed by atoms with van der Waals surface area (Å²) in [5, 5.41) is 13.3. The van der Waals surface area contributed by atoms with E-state index in [4.69, 9.17) is 0 Å². The molecule has 0 amide bonds. The molecule has 0 saturated carbocycles. The van der Waals surface area contributed by atoms with Gasteiger partial charge in [0.25, 0.3) is 5.56 Å². The van der Waals surface area contributed by atoms with Gasteiger partial charge in [0.15, 0.2) is 5.65 Å². The summed E-state index contributed by atoms with van der Waals surface area (Å²) in [6, 6.07) is 17.5. The van der Waals surface area contributed by atoms with Crippen molar-refractivity contribution in [3.05, 3.63) is 80.8 Å². The van der Waals surface area contributed by atoms with Crippen LogP contribution in [0.4, 0.5) is 5.69 Å². The molecular weight excluding hydrogens is 324 g/mol. The molecule has 0 bridgehead atoms. The molecule has 0 aliphatic rings. The Morgan fingerprint density at radius 2 is 1.96 bits per heavy atom. The van der Waals surface area contributed by atoms with Crippen LogP contribution in [-0.2, 0) is 0 Å². The van der Waals surface area contributed by atoms with Gasteiger partial charge >= 0.3 is 0 Å². The van der Waals surface area contributed by atoms with E-state index in [0.717, 1.165) is 11.3 Å². The number of fused-ring (bicyclic) bond motifs is 3. The molecule has 0 radical (unpaired) electrons. The smallest absolute Gasteiger partial charge is 0.265 e. The first kappa shape index (κ1) is 15.9. The van der Waals surface area contributed by atoms with E-state index in [1.54, 1.807) is 13.1 Å². The maximum absolute atomic E-state index is 13.1. The summed E-state index contributed by atoms with van der Waals surface area (Å²) in [6.07, 6.45) is 1.67. The van der Waals surface area contributed by atoms with Crippen molar-refractivity contribution in [2.24, 2.45) is 0 Å². The van der Waals surface area contributed by atoms with E-state index in [1.807, 2.05) is 55.5 Å². The number of benzene rings is 2. The Morgan fingerprint density at radius 3 is 2.73 bits per heavy atom. The molecule has 5 heteroatoms. The number of nitrogens with zero attached hydrogens (tertiary/aromatic N) is 3. The van der Waals surface area contributed by atoms with Gasteiger partial charge in [0.05, 0.1) is 21.8 Å². The van der Waals surface area contributed by atoms with Crippen LogP contribution in [0.3, 0.4) is 0 Å². The van der Waals surface area contributed by atoms with Gasteiger partial charge in [-0.1, -0.05) is 24.3 Å². The van der Waals surface area contributed by atoms with Gasteiger partial charge < -0.3 is 5.32 Å². The van der Waals surface area contributed by atoms with Gasteiger partial charge in [-0.05, 0) is 49.2 Å². The number of rotatable bonds is 2. The van der Waals surface area contributed by atoms with Gasteiger partial charge in [-0.2, -0.15) is 5.26 Å². The van der Waals surface area contributed by atoms with Gasteiger partial charge in [0.1, 0.15) is 6.07 Å². The standard InChI is InChI=1S/C21H16N4O/c1-13-6-5-7-15(10-13)23-12-17-14(2)16(11-22)20-24-18-8-3-4-9-19(18)25(20)21(17)26/h3-10,12,23H,1-2H3. The summed E-state index contributed by atoms with van der Waals surface area (Å²) >= 11 is 0. The SMILES string of the molecule is Cc1cccc(NC=c2c(C)c(C#N)c3nc4ccccc4n3c2=O)c1. The van der Waals surface area contributed by atoms with E-state index in [-0.39, 0.29) is 5.56 Å². The summed E-state index contributed by atoms with van der Waals surface area (Å²) in [4.78, 5) is 17.6. The maximum Gasteiger partial charge on any atom is 0.265 e. The molecule has 0 atom stereocenters. The van der Waals surface area contributed by atoms with E-state index in [0.29, 0.717) is 33.0 Å². The topological polar surface area (TPSA) is 70.2 Å². The van der Waals surface area contributed by atoms with Crippen LogP contribution >= 0.6 is 0 Å². The number of pyridine rings is 1. The minimum atomic E-state index is -0.189. The van der Waals surface area contributed by atoms with Crippen LogP contribution in [0.1, 0.15) is 16.7 Å². The van der Waals surface area contributed by atoms with Gasteiger partial charge in [-0.3, -0.25) is 9.20 Å². The molecular formula is C21H16N4O. The Hall–Kier alpha value is -3.65. The number of anilines is 1. The zero-order chi connectivity index (χ0) is 18.3. The summed E-state index contributed by atoms with van der Waals surface area (Å²) < 4.78 is 1.52. The minimum Gasteiger partial charge on any atom is -0.361 e. The maximum atomic E-state index is 13.1. The fourth-order valence-corrected chi connectivity index (χ4v) is 3.18. The minimum absolute atomic E-state index is 0.189. The summed E-state index contributed by atoms with van der Waals surface area (Å²) in [5.41, 5.74) is 4.67. The number of hydrogen-bond acceptors (Lipinski definition) is 4. The number of nitriles is 1. The first-order valence-electron chi connectivity index (χ1n) is 8.27. The van der Waals surface area contributed by atoms with Crippen molar-refractivity contribution < 1.29 is 0 Å². The van der Waals surface area contributed by atoms with E-state index in [1.165, 1.54) is 4.40 Å². The Morgan fingerprint density at radius 1 is 1.15 bits per heavy atom. The van der Waals surface area contributed by atoms with Crippen LogP contribution in [0.25, 0.3) is 22.9 Å². The zero-order valence-corrected chi connectivity index (χ0v) is 14.4.